The fourth-order valence-corrected chi connectivity index (χ4v) is 0.975. The van der Waals surface area contributed by atoms with Crippen molar-refractivity contribution in [1.82, 2.24) is 4.98 Å². The average Bonchev–Trinajstić information content (AvgIpc) is 1.88. The van der Waals surface area contributed by atoms with Crippen molar-refractivity contribution >= 4 is 23.2 Å². The molecule has 3 heteroatoms. The maximum Gasteiger partial charge on any atom is 0.132 e. The minimum Gasteiger partial charge on any atom is -0.262 e. The highest BCUT2D eigenvalue weighted by Crippen LogP contribution is 2.23. The zero-order chi connectivity index (χ0) is 7.56. The Morgan fingerprint density at radius 1 is 1.50 bits per heavy atom. The SMILES string of the molecule is Cc1cc(C(Cl)Cl)ccn1. The first-order valence-corrected chi connectivity index (χ1v) is 3.78. The van der Waals surface area contributed by atoms with Gasteiger partial charge in [-0.05, 0) is 24.6 Å². The van der Waals surface area contributed by atoms with Gasteiger partial charge in [0.05, 0.1) is 0 Å². The topological polar surface area (TPSA) is 12.9 Å². The van der Waals surface area contributed by atoms with Gasteiger partial charge in [-0.3, -0.25) is 4.98 Å². The molecule has 1 aromatic heterocycles. The van der Waals surface area contributed by atoms with Crippen molar-refractivity contribution in [3.05, 3.63) is 29.6 Å². The molecule has 10 heavy (non-hydrogen) atoms. The van der Waals surface area contributed by atoms with E-state index in [2.05, 4.69) is 4.98 Å². The first-order valence-electron chi connectivity index (χ1n) is 2.91. The molecule has 0 saturated carbocycles. The lowest BCUT2D eigenvalue weighted by atomic mass is 10.2. The number of halogens is 2. The third-order valence-electron chi connectivity index (χ3n) is 1.17. The van der Waals surface area contributed by atoms with Gasteiger partial charge in [-0.1, -0.05) is 0 Å². The van der Waals surface area contributed by atoms with E-state index in [1.807, 2.05) is 13.0 Å². The summed E-state index contributed by atoms with van der Waals surface area (Å²) in [6.07, 6.45) is 1.70. The molecule has 0 saturated heterocycles. The second kappa shape index (κ2) is 3.22. The number of hydrogen-bond donors (Lipinski definition) is 0. The van der Waals surface area contributed by atoms with Crippen LogP contribution in [0.1, 0.15) is 16.1 Å². The number of pyridine rings is 1. The summed E-state index contributed by atoms with van der Waals surface area (Å²) in [7, 11) is 0. The Balaban J connectivity index is 2.96. The molecule has 1 aromatic rings. The molecule has 0 bridgehead atoms. The molecule has 0 aliphatic rings. The molecule has 1 nitrogen and oxygen atoms in total. The van der Waals surface area contributed by atoms with Gasteiger partial charge in [-0.15, -0.1) is 23.2 Å². The Labute approximate surface area is 70.0 Å². The van der Waals surface area contributed by atoms with Crippen LogP contribution in [0.2, 0.25) is 0 Å². The number of nitrogens with zero attached hydrogens (tertiary/aromatic N) is 1. The highest BCUT2D eigenvalue weighted by atomic mass is 35.5. The Morgan fingerprint density at radius 3 is 2.60 bits per heavy atom. The van der Waals surface area contributed by atoms with Crippen LogP contribution in [0.5, 0.6) is 0 Å². The molecule has 0 atom stereocenters. The monoisotopic (exact) mass is 175 g/mol. The molecular weight excluding hydrogens is 169 g/mol. The van der Waals surface area contributed by atoms with E-state index < -0.39 is 4.84 Å². The zero-order valence-corrected chi connectivity index (χ0v) is 7.02. The van der Waals surface area contributed by atoms with Gasteiger partial charge in [0.1, 0.15) is 4.84 Å². The van der Waals surface area contributed by atoms with Crippen LogP contribution in [0.25, 0.3) is 0 Å². The van der Waals surface area contributed by atoms with Crippen molar-refractivity contribution in [2.45, 2.75) is 11.8 Å². The largest absolute Gasteiger partial charge is 0.262 e. The minimum atomic E-state index is -0.443. The molecule has 1 heterocycles. The smallest absolute Gasteiger partial charge is 0.132 e. The van der Waals surface area contributed by atoms with E-state index in [0.717, 1.165) is 11.3 Å². The lowest BCUT2D eigenvalue weighted by molar-refractivity contribution is 1.16. The van der Waals surface area contributed by atoms with Gasteiger partial charge in [0.15, 0.2) is 0 Å². The molecule has 0 aliphatic heterocycles. The normalized spacial score (nSPS) is 10.4. The predicted octanol–water partition coefficient (Wildman–Crippen LogP) is 2.87. The summed E-state index contributed by atoms with van der Waals surface area (Å²) in [4.78, 5) is 3.56. The lowest BCUT2D eigenvalue weighted by Gasteiger charge is -1.99. The Hall–Kier alpha value is -0.270. The number of hydrogen-bond acceptors (Lipinski definition) is 1. The van der Waals surface area contributed by atoms with Gasteiger partial charge in [0.25, 0.3) is 0 Å². The van der Waals surface area contributed by atoms with E-state index in [0.29, 0.717) is 0 Å². The van der Waals surface area contributed by atoms with Crippen LogP contribution in [0.3, 0.4) is 0 Å². The fourth-order valence-electron chi connectivity index (χ4n) is 0.703. The van der Waals surface area contributed by atoms with E-state index in [9.17, 15) is 0 Å². The third-order valence-corrected chi connectivity index (χ3v) is 1.68. The highest BCUT2D eigenvalue weighted by molar-refractivity contribution is 6.44. The summed E-state index contributed by atoms with van der Waals surface area (Å²) >= 11 is 11.2. The highest BCUT2D eigenvalue weighted by Gasteiger charge is 2.01. The van der Waals surface area contributed by atoms with E-state index in [4.69, 9.17) is 23.2 Å². The van der Waals surface area contributed by atoms with Crippen molar-refractivity contribution in [3.8, 4) is 0 Å². The summed E-state index contributed by atoms with van der Waals surface area (Å²) in [5, 5.41) is 0. The molecule has 1 rings (SSSR count). The van der Waals surface area contributed by atoms with Crippen LogP contribution in [0.4, 0.5) is 0 Å². The molecule has 54 valence electrons. The van der Waals surface area contributed by atoms with Crippen molar-refractivity contribution in [3.63, 3.8) is 0 Å². The average molecular weight is 176 g/mol. The number of alkyl halides is 2. The van der Waals surface area contributed by atoms with Gasteiger partial charge in [0, 0.05) is 11.9 Å². The Kier molecular flexibility index (Phi) is 2.52. The lowest BCUT2D eigenvalue weighted by Crippen LogP contribution is -1.84. The maximum absolute atomic E-state index is 5.61. The van der Waals surface area contributed by atoms with Crippen molar-refractivity contribution in [2.24, 2.45) is 0 Å². The van der Waals surface area contributed by atoms with Crippen LogP contribution in [-0.2, 0) is 0 Å². The van der Waals surface area contributed by atoms with Crippen LogP contribution in [-0.4, -0.2) is 4.98 Å². The first-order chi connectivity index (χ1) is 4.70. The molecule has 0 N–H and O–H groups in total. The van der Waals surface area contributed by atoms with E-state index in [1.165, 1.54) is 0 Å². The molecule has 0 radical (unpaired) electrons. The van der Waals surface area contributed by atoms with E-state index in [1.54, 1.807) is 12.3 Å². The van der Waals surface area contributed by atoms with Crippen LogP contribution < -0.4 is 0 Å². The summed E-state index contributed by atoms with van der Waals surface area (Å²) in [6.45, 7) is 1.90. The first kappa shape index (κ1) is 7.83. The van der Waals surface area contributed by atoms with Crippen LogP contribution >= 0.6 is 23.2 Å². The van der Waals surface area contributed by atoms with E-state index >= 15 is 0 Å². The molecule has 0 fully saturated rings. The Morgan fingerprint density at radius 2 is 2.20 bits per heavy atom. The number of aryl methyl sites for hydroxylation is 1. The number of aromatic nitrogens is 1. The Bertz CT molecular complexity index is 223. The van der Waals surface area contributed by atoms with Crippen LogP contribution in [0, 0.1) is 6.92 Å². The van der Waals surface area contributed by atoms with Gasteiger partial charge in [-0.25, -0.2) is 0 Å². The standard InChI is InChI=1S/C7H7Cl2N/c1-5-4-6(7(8)9)2-3-10-5/h2-4,7H,1H3. The fraction of sp³-hybridized carbons (Fsp3) is 0.286. The minimum absolute atomic E-state index is 0.443. The van der Waals surface area contributed by atoms with E-state index in [-0.39, 0.29) is 0 Å². The van der Waals surface area contributed by atoms with Gasteiger partial charge in [-0.2, -0.15) is 0 Å². The molecule has 0 aromatic carbocycles. The molecule has 0 aliphatic carbocycles. The van der Waals surface area contributed by atoms with Gasteiger partial charge < -0.3 is 0 Å². The maximum atomic E-state index is 5.61. The molecule has 0 amide bonds. The van der Waals surface area contributed by atoms with Crippen molar-refractivity contribution in [2.75, 3.05) is 0 Å². The quantitative estimate of drug-likeness (QED) is 0.599. The third kappa shape index (κ3) is 1.86. The van der Waals surface area contributed by atoms with Crippen molar-refractivity contribution < 1.29 is 0 Å². The summed E-state index contributed by atoms with van der Waals surface area (Å²) in [5.41, 5.74) is 1.83. The van der Waals surface area contributed by atoms with Crippen LogP contribution in [0.15, 0.2) is 18.3 Å². The van der Waals surface area contributed by atoms with Gasteiger partial charge >= 0.3 is 0 Å². The number of rotatable bonds is 1. The molecule has 0 unspecified atom stereocenters. The van der Waals surface area contributed by atoms with Gasteiger partial charge in [0.2, 0.25) is 0 Å². The summed E-state index contributed by atoms with van der Waals surface area (Å²) in [5.74, 6) is 0. The molecule has 0 spiro atoms. The molecular formula is C7H7Cl2N. The summed E-state index contributed by atoms with van der Waals surface area (Å²) in [6, 6.07) is 3.67. The summed E-state index contributed by atoms with van der Waals surface area (Å²) < 4.78 is 0. The zero-order valence-electron chi connectivity index (χ0n) is 5.51. The predicted molar refractivity (Wildman–Crippen MR) is 43.4 cm³/mol. The second-order valence-electron chi connectivity index (χ2n) is 2.03. The second-order valence-corrected chi connectivity index (χ2v) is 3.13. The van der Waals surface area contributed by atoms with Crippen molar-refractivity contribution in [1.29, 1.82) is 0 Å².